The van der Waals surface area contributed by atoms with Crippen molar-refractivity contribution in [2.24, 2.45) is 0 Å². The second-order valence-electron chi connectivity index (χ2n) is 4.61. The Morgan fingerprint density at radius 2 is 1.76 bits per heavy atom. The number of amides is 2. The lowest BCUT2D eigenvalue weighted by Crippen LogP contribution is -2.29. The van der Waals surface area contributed by atoms with E-state index in [4.69, 9.17) is 0 Å². The van der Waals surface area contributed by atoms with E-state index >= 15 is 0 Å². The van der Waals surface area contributed by atoms with Crippen LogP contribution >= 0.6 is 0 Å². The summed E-state index contributed by atoms with van der Waals surface area (Å²) in [7, 11) is 0. The van der Waals surface area contributed by atoms with Crippen LogP contribution in [0.3, 0.4) is 0 Å². The summed E-state index contributed by atoms with van der Waals surface area (Å²) in [5.41, 5.74) is 0.853. The van der Waals surface area contributed by atoms with Gasteiger partial charge in [-0.3, -0.25) is 0 Å². The van der Waals surface area contributed by atoms with E-state index < -0.39 is 0 Å². The third-order valence-corrected chi connectivity index (χ3v) is 3.10. The average molecular weight is 290 g/mol. The van der Waals surface area contributed by atoms with Gasteiger partial charge in [-0.15, -0.1) is 0 Å². The molecule has 3 heteroatoms. The van der Waals surface area contributed by atoms with E-state index in [-0.39, 0.29) is 8.88 Å². The van der Waals surface area contributed by atoms with Crippen LogP contribution in [0.4, 0.5) is 10.5 Å². The third-order valence-electron chi connectivity index (χ3n) is 3.10. The van der Waals surface area contributed by atoms with Crippen LogP contribution in [0.25, 0.3) is 10.8 Å². The van der Waals surface area contributed by atoms with Gasteiger partial charge in [0.05, 0.1) is 5.69 Å². The number of urea groups is 1. The standard InChI is InChI=1S/C16H20N2O.C2H6.2H2/c1-2-3-6-12-17-16(19)18-15-11-7-9-13-8-4-5-10-14(13)15;1-2;;/h4-5,7-11H,2-3,6,12H2,1H3,(H2,17,18,19);1-2H3;2*1H. The topological polar surface area (TPSA) is 41.1 Å². The summed E-state index contributed by atoms with van der Waals surface area (Å²) in [6.45, 7) is 6.88. The zero-order chi connectivity index (χ0) is 15.5. The molecule has 21 heavy (non-hydrogen) atoms. The first-order valence-corrected chi connectivity index (χ1v) is 7.84. The molecule has 118 valence electrons. The summed E-state index contributed by atoms with van der Waals surface area (Å²) in [5, 5.41) is 7.99. The zero-order valence-electron chi connectivity index (χ0n) is 13.3. The zero-order valence-corrected chi connectivity index (χ0v) is 13.3. The molecule has 0 heterocycles. The smallest absolute Gasteiger partial charge is 0.319 e. The average Bonchev–Trinajstić information content (AvgIpc) is 2.54. The van der Waals surface area contributed by atoms with E-state index in [9.17, 15) is 4.79 Å². The number of unbranched alkanes of at least 4 members (excludes halogenated alkanes) is 2. The minimum absolute atomic E-state index is 0. The van der Waals surface area contributed by atoms with Crippen molar-refractivity contribution in [3.05, 3.63) is 42.5 Å². The van der Waals surface area contributed by atoms with Crippen LogP contribution in [-0.4, -0.2) is 12.6 Å². The molecule has 0 aliphatic rings. The molecule has 3 nitrogen and oxygen atoms in total. The molecule has 0 bridgehead atoms. The van der Waals surface area contributed by atoms with Gasteiger partial charge < -0.3 is 10.6 Å². The minimum atomic E-state index is -0.132. The molecule has 2 rings (SSSR count). The van der Waals surface area contributed by atoms with Gasteiger partial charge in [-0.2, -0.15) is 0 Å². The second kappa shape index (κ2) is 9.81. The Morgan fingerprint density at radius 1 is 1.05 bits per heavy atom. The van der Waals surface area contributed by atoms with Gasteiger partial charge in [-0.05, 0) is 17.9 Å². The summed E-state index contributed by atoms with van der Waals surface area (Å²) in [5.74, 6) is 0. The highest BCUT2D eigenvalue weighted by molar-refractivity contribution is 6.01. The minimum Gasteiger partial charge on any atom is -0.338 e. The lowest BCUT2D eigenvalue weighted by atomic mass is 10.1. The largest absolute Gasteiger partial charge is 0.338 e. The van der Waals surface area contributed by atoms with Crippen molar-refractivity contribution in [2.75, 3.05) is 11.9 Å². The number of carbonyl (C=O) groups excluding carboxylic acids is 1. The van der Waals surface area contributed by atoms with Gasteiger partial charge in [0.2, 0.25) is 0 Å². The van der Waals surface area contributed by atoms with Crippen LogP contribution in [0.15, 0.2) is 42.5 Å². The number of fused-ring (bicyclic) bond motifs is 1. The summed E-state index contributed by atoms with van der Waals surface area (Å²) in [6.07, 6.45) is 3.33. The molecule has 0 fully saturated rings. The lowest BCUT2D eigenvalue weighted by Gasteiger charge is -2.09. The lowest BCUT2D eigenvalue weighted by molar-refractivity contribution is 0.252. The number of benzene rings is 2. The van der Waals surface area contributed by atoms with Gasteiger partial charge in [0.1, 0.15) is 0 Å². The maximum Gasteiger partial charge on any atom is 0.319 e. The predicted octanol–water partition coefficient (Wildman–Crippen LogP) is 5.67. The number of carbonyl (C=O) groups is 1. The summed E-state index contributed by atoms with van der Waals surface area (Å²) >= 11 is 0. The molecule has 2 aromatic rings. The Labute approximate surface area is 130 Å². The van der Waals surface area contributed by atoms with Crippen molar-refractivity contribution >= 4 is 22.5 Å². The molecule has 0 radical (unpaired) electrons. The van der Waals surface area contributed by atoms with Gasteiger partial charge in [0.25, 0.3) is 0 Å². The van der Waals surface area contributed by atoms with Gasteiger partial charge in [0, 0.05) is 14.8 Å². The predicted molar refractivity (Wildman–Crippen MR) is 96.1 cm³/mol. The Morgan fingerprint density at radius 3 is 2.52 bits per heavy atom. The van der Waals surface area contributed by atoms with Crippen molar-refractivity contribution in [3.8, 4) is 0 Å². The number of nitrogens with one attached hydrogen (secondary N) is 2. The normalized spacial score (nSPS) is 9.67. The first-order valence-electron chi connectivity index (χ1n) is 7.84. The Kier molecular flexibility index (Phi) is 7.95. The molecule has 0 aliphatic carbocycles. The maximum atomic E-state index is 11.8. The maximum absolute atomic E-state index is 11.8. The Hall–Kier alpha value is -2.03. The summed E-state index contributed by atoms with van der Waals surface area (Å²) in [4.78, 5) is 11.8. The molecule has 2 aromatic carbocycles. The van der Waals surface area contributed by atoms with Crippen molar-refractivity contribution in [3.63, 3.8) is 0 Å². The first-order chi connectivity index (χ1) is 10.3. The molecule has 0 unspecified atom stereocenters. The van der Waals surface area contributed by atoms with Crippen LogP contribution in [0, 0.1) is 0 Å². The van der Waals surface area contributed by atoms with Crippen LogP contribution in [0.2, 0.25) is 0 Å². The van der Waals surface area contributed by atoms with Crippen LogP contribution in [0.1, 0.15) is 42.9 Å². The summed E-state index contributed by atoms with van der Waals surface area (Å²) < 4.78 is 0. The SMILES string of the molecule is CC.CCCCCNC(=O)Nc1cccc2ccccc12.[HH].[HH]. The molecule has 2 amide bonds. The molecule has 0 aliphatic heterocycles. The number of hydrogen-bond acceptors (Lipinski definition) is 1. The van der Waals surface area contributed by atoms with E-state index in [1.807, 2.05) is 56.3 Å². The van der Waals surface area contributed by atoms with Gasteiger partial charge in [-0.1, -0.05) is 70.0 Å². The van der Waals surface area contributed by atoms with Gasteiger partial charge in [0.15, 0.2) is 0 Å². The van der Waals surface area contributed by atoms with E-state index in [1.165, 1.54) is 0 Å². The molecule has 0 spiro atoms. The molecular weight excluding hydrogens is 260 g/mol. The highest BCUT2D eigenvalue weighted by Crippen LogP contribution is 2.22. The van der Waals surface area contributed by atoms with E-state index in [0.717, 1.165) is 42.3 Å². The van der Waals surface area contributed by atoms with Crippen LogP contribution in [-0.2, 0) is 0 Å². The highest BCUT2D eigenvalue weighted by atomic mass is 16.2. The van der Waals surface area contributed by atoms with E-state index in [2.05, 4.69) is 17.6 Å². The molecule has 0 atom stereocenters. The fourth-order valence-corrected chi connectivity index (χ4v) is 2.08. The molecular formula is C18H30N2O. The van der Waals surface area contributed by atoms with E-state index in [1.54, 1.807) is 0 Å². The van der Waals surface area contributed by atoms with Crippen molar-refractivity contribution in [2.45, 2.75) is 40.0 Å². The third kappa shape index (κ3) is 5.46. The van der Waals surface area contributed by atoms with E-state index in [0.29, 0.717) is 0 Å². The fraction of sp³-hybridized carbons (Fsp3) is 0.389. The Bertz CT molecular complexity index is 556. The molecule has 0 saturated carbocycles. The molecule has 0 saturated heterocycles. The van der Waals surface area contributed by atoms with Crippen molar-refractivity contribution < 1.29 is 7.65 Å². The first kappa shape index (κ1) is 17.0. The number of rotatable bonds is 5. The van der Waals surface area contributed by atoms with Crippen molar-refractivity contribution in [1.29, 1.82) is 0 Å². The quantitative estimate of drug-likeness (QED) is 0.684. The Balaban J connectivity index is 0. The number of anilines is 1. The molecule has 2 N–H and O–H groups in total. The van der Waals surface area contributed by atoms with Gasteiger partial charge in [-0.25, -0.2) is 4.79 Å². The van der Waals surface area contributed by atoms with Crippen LogP contribution < -0.4 is 10.6 Å². The highest BCUT2D eigenvalue weighted by Gasteiger charge is 2.04. The molecule has 0 aromatic heterocycles. The van der Waals surface area contributed by atoms with Gasteiger partial charge >= 0.3 is 6.03 Å². The van der Waals surface area contributed by atoms with Crippen molar-refractivity contribution in [1.82, 2.24) is 5.32 Å². The second-order valence-corrected chi connectivity index (χ2v) is 4.61. The summed E-state index contributed by atoms with van der Waals surface area (Å²) in [6, 6.07) is 13.8. The van der Waals surface area contributed by atoms with Crippen LogP contribution in [0.5, 0.6) is 0 Å². The number of hydrogen-bond donors (Lipinski definition) is 2. The fourth-order valence-electron chi connectivity index (χ4n) is 2.08. The monoisotopic (exact) mass is 290 g/mol.